The molecule has 124 valence electrons. The lowest BCUT2D eigenvalue weighted by atomic mass is 10.1. The molecule has 0 aliphatic heterocycles. The Morgan fingerprint density at radius 3 is 2.70 bits per heavy atom. The predicted molar refractivity (Wildman–Crippen MR) is 91.9 cm³/mol. The molecule has 5 nitrogen and oxygen atoms in total. The van der Waals surface area contributed by atoms with Gasteiger partial charge in [-0.15, -0.1) is 0 Å². The van der Waals surface area contributed by atoms with E-state index in [1.54, 1.807) is 30.9 Å². The Hall–Kier alpha value is -2.02. The van der Waals surface area contributed by atoms with Gasteiger partial charge in [0.15, 0.2) is 11.7 Å². The molecule has 0 spiro atoms. The molecule has 0 amide bonds. The van der Waals surface area contributed by atoms with E-state index in [0.29, 0.717) is 19.0 Å². The first-order chi connectivity index (χ1) is 11.1. The molecule has 23 heavy (non-hydrogen) atoms. The van der Waals surface area contributed by atoms with Gasteiger partial charge in [0.25, 0.3) is 0 Å². The molecule has 0 atom stereocenters. The Balaban J connectivity index is 1.92. The third-order valence-electron chi connectivity index (χ3n) is 3.24. The largest absolute Gasteiger partial charge is 0.359 e. The summed E-state index contributed by atoms with van der Waals surface area (Å²) in [7, 11) is 1.70. The van der Waals surface area contributed by atoms with Crippen LogP contribution in [0.3, 0.4) is 0 Å². The normalized spacial score (nSPS) is 11.6. The van der Waals surface area contributed by atoms with Gasteiger partial charge in [0.2, 0.25) is 0 Å². The van der Waals surface area contributed by atoms with Crippen LogP contribution in [0.2, 0.25) is 0 Å². The number of halogens is 1. The summed E-state index contributed by atoms with van der Waals surface area (Å²) >= 11 is 1.67. The van der Waals surface area contributed by atoms with Crippen molar-refractivity contribution in [3.05, 3.63) is 52.7 Å². The number of aliphatic imine (C=N–C) groups is 1. The molecule has 0 radical (unpaired) electrons. The van der Waals surface area contributed by atoms with Crippen LogP contribution in [0.5, 0.6) is 0 Å². The lowest BCUT2D eigenvalue weighted by Gasteiger charge is -2.13. The highest BCUT2D eigenvalue weighted by Crippen LogP contribution is 2.16. The van der Waals surface area contributed by atoms with Crippen molar-refractivity contribution in [2.45, 2.75) is 25.8 Å². The zero-order valence-electron chi connectivity index (χ0n) is 13.5. The van der Waals surface area contributed by atoms with E-state index in [1.165, 1.54) is 6.07 Å². The summed E-state index contributed by atoms with van der Waals surface area (Å²) in [6.07, 6.45) is 2.00. The fourth-order valence-corrected chi connectivity index (χ4v) is 2.71. The molecule has 0 saturated heterocycles. The number of hydrogen-bond acceptors (Lipinski definition) is 4. The van der Waals surface area contributed by atoms with Crippen LogP contribution in [0.1, 0.15) is 22.6 Å². The minimum Gasteiger partial charge on any atom is -0.359 e. The van der Waals surface area contributed by atoms with Crippen molar-refractivity contribution in [1.29, 1.82) is 0 Å². The molecule has 0 unspecified atom stereocenters. The highest BCUT2D eigenvalue weighted by atomic mass is 32.2. The van der Waals surface area contributed by atoms with E-state index in [2.05, 4.69) is 20.8 Å². The Morgan fingerprint density at radius 2 is 2.04 bits per heavy atom. The van der Waals surface area contributed by atoms with E-state index < -0.39 is 0 Å². The average molecular weight is 336 g/mol. The van der Waals surface area contributed by atoms with Gasteiger partial charge in [-0.05, 0) is 36.4 Å². The number of hydrogen-bond donors (Lipinski definition) is 2. The maximum absolute atomic E-state index is 13.4. The number of guanidine groups is 1. The summed E-state index contributed by atoms with van der Waals surface area (Å²) in [4.78, 5) is 4.17. The van der Waals surface area contributed by atoms with Gasteiger partial charge in [0.05, 0.1) is 12.2 Å². The van der Waals surface area contributed by atoms with Crippen molar-refractivity contribution >= 4 is 17.7 Å². The second kappa shape index (κ2) is 8.57. The van der Waals surface area contributed by atoms with Gasteiger partial charge in [-0.2, -0.15) is 11.8 Å². The molecule has 0 bridgehead atoms. The van der Waals surface area contributed by atoms with Crippen LogP contribution in [0.15, 0.2) is 33.8 Å². The van der Waals surface area contributed by atoms with Crippen LogP contribution in [0.4, 0.5) is 4.39 Å². The third kappa shape index (κ3) is 5.28. The molecular weight excluding hydrogens is 315 g/mol. The van der Waals surface area contributed by atoms with Crippen molar-refractivity contribution in [3.8, 4) is 0 Å². The van der Waals surface area contributed by atoms with Gasteiger partial charge in [-0.1, -0.05) is 11.2 Å². The van der Waals surface area contributed by atoms with Crippen LogP contribution in [-0.2, 0) is 18.8 Å². The molecule has 0 fully saturated rings. The van der Waals surface area contributed by atoms with E-state index in [9.17, 15) is 4.39 Å². The van der Waals surface area contributed by atoms with Gasteiger partial charge >= 0.3 is 0 Å². The first kappa shape index (κ1) is 17.3. The van der Waals surface area contributed by atoms with Crippen LogP contribution in [-0.4, -0.2) is 24.4 Å². The van der Waals surface area contributed by atoms with Gasteiger partial charge in [-0.25, -0.2) is 4.39 Å². The Labute approximate surface area is 139 Å². The van der Waals surface area contributed by atoms with E-state index in [1.807, 2.05) is 19.2 Å². The second-order valence-corrected chi connectivity index (χ2v) is 5.93. The van der Waals surface area contributed by atoms with Crippen LogP contribution in [0.25, 0.3) is 0 Å². The number of benzene rings is 1. The van der Waals surface area contributed by atoms with Crippen molar-refractivity contribution in [3.63, 3.8) is 0 Å². The standard InChI is InChI=1S/C16H21FN4OS/c1-11-6-15(22-21-11)9-20-16(18-2)19-8-12-4-5-14(17)7-13(12)10-23-3/h4-7H,8-10H2,1-3H3,(H2,18,19,20). The molecule has 2 aromatic rings. The van der Waals surface area contributed by atoms with Gasteiger partial charge in [0, 0.05) is 25.4 Å². The van der Waals surface area contributed by atoms with Gasteiger partial charge in [-0.3, -0.25) is 4.99 Å². The minimum absolute atomic E-state index is 0.207. The van der Waals surface area contributed by atoms with Gasteiger partial charge in [0.1, 0.15) is 5.82 Å². The smallest absolute Gasteiger partial charge is 0.191 e. The number of nitrogens with one attached hydrogen (secondary N) is 2. The average Bonchev–Trinajstić information content (AvgIpc) is 2.95. The fraction of sp³-hybridized carbons (Fsp3) is 0.375. The minimum atomic E-state index is -0.207. The molecule has 2 rings (SSSR count). The third-order valence-corrected chi connectivity index (χ3v) is 3.84. The fourth-order valence-electron chi connectivity index (χ4n) is 2.13. The monoisotopic (exact) mass is 336 g/mol. The summed E-state index contributed by atoms with van der Waals surface area (Å²) < 4.78 is 18.5. The maximum Gasteiger partial charge on any atom is 0.191 e. The number of nitrogens with zero attached hydrogens (tertiary/aromatic N) is 2. The highest BCUT2D eigenvalue weighted by Gasteiger charge is 2.06. The summed E-state index contributed by atoms with van der Waals surface area (Å²) in [6.45, 7) is 2.95. The summed E-state index contributed by atoms with van der Waals surface area (Å²) in [5.41, 5.74) is 2.89. The molecule has 1 aromatic carbocycles. The van der Waals surface area contributed by atoms with Crippen molar-refractivity contribution < 1.29 is 8.91 Å². The molecule has 1 heterocycles. The quantitative estimate of drug-likeness (QED) is 0.627. The molecule has 0 aliphatic carbocycles. The first-order valence-corrected chi connectivity index (χ1v) is 8.64. The van der Waals surface area contributed by atoms with Gasteiger partial charge < -0.3 is 15.2 Å². The Kier molecular flexibility index (Phi) is 6.46. The highest BCUT2D eigenvalue weighted by molar-refractivity contribution is 7.97. The molecule has 7 heteroatoms. The predicted octanol–water partition coefficient (Wildman–Crippen LogP) is 2.85. The Morgan fingerprint density at radius 1 is 1.26 bits per heavy atom. The number of aryl methyl sites for hydroxylation is 1. The van der Waals surface area contributed by atoms with Crippen molar-refractivity contribution in [1.82, 2.24) is 15.8 Å². The van der Waals surface area contributed by atoms with Crippen molar-refractivity contribution in [2.24, 2.45) is 4.99 Å². The molecule has 2 N–H and O–H groups in total. The second-order valence-electron chi connectivity index (χ2n) is 5.06. The summed E-state index contributed by atoms with van der Waals surface area (Å²) in [6, 6.07) is 6.74. The zero-order valence-corrected chi connectivity index (χ0v) is 14.3. The van der Waals surface area contributed by atoms with E-state index in [4.69, 9.17) is 4.52 Å². The summed E-state index contributed by atoms with van der Waals surface area (Å²) in [5.74, 6) is 1.97. The van der Waals surface area contributed by atoms with Crippen molar-refractivity contribution in [2.75, 3.05) is 13.3 Å². The van der Waals surface area contributed by atoms with E-state index in [0.717, 1.165) is 28.3 Å². The maximum atomic E-state index is 13.4. The van der Waals surface area contributed by atoms with Crippen LogP contribution in [0, 0.1) is 12.7 Å². The lowest BCUT2D eigenvalue weighted by Crippen LogP contribution is -2.36. The number of rotatable bonds is 6. The lowest BCUT2D eigenvalue weighted by molar-refractivity contribution is 0.376. The van der Waals surface area contributed by atoms with Crippen LogP contribution < -0.4 is 10.6 Å². The molecular formula is C16H21FN4OS. The topological polar surface area (TPSA) is 62.5 Å². The Bertz CT molecular complexity index is 672. The van der Waals surface area contributed by atoms with E-state index >= 15 is 0 Å². The first-order valence-electron chi connectivity index (χ1n) is 7.25. The molecule has 0 saturated carbocycles. The molecule has 1 aromatic heterocycles. The number of thioether (sulfide) groups is 1. The summed E-state index contributed by atoms with van der Waals surface area (Å²) in [5, 5.41) is 10.2. The zero-order chi connectivity index (χ0) is 16.7. The van der Waals surface area contributed by atoms with E-state index in [-0.39, 0.29) is 5.82 Å². The van der Waals surface area contributed by atoms with Crippen LogP contribution >= 0.6 is 11.8 Å². The SMILES string of the molecule is CN=C(NCc1cc(C)no1)NCc1ccc(F)cc1CSC. The molecule has 0 aliphatic rings. The number of aromatic nitrogens is 1.